The largest absolute Gasteiger partial charge is 0.306 e. The van der Waals surface area contributed by atoms with Crippen molar-refractivity contribution in [1.29, 1.82) is 0 Å². The molecule has 2 aromatic rings. The van der Waals surface area contributed by atoms with Gasteiger partial charge >= 0.3 is 0 Å². The van der Waals surface area contributed by atoms with Gasteiger partial charge in [-0.05, 0) is 25.0 Å². The highest BCUT2D eigenvalue weighted by atomic mass is 35.5. The Hall–Kier alpha value is -1.03. The third kappa shape index (κ3) is 3.35. The standard InChI is InChI=1S/C15H19Cl2N3/c1-4-14-11(9-20(3)19-14)8-18-10(2)12-6-5-7-13(16)15(12)17/h5-7,9-10,18H,4,8H2,1-3H3. The van der Waals surface area contributed by atoms with Crippen molar-refractivity contribution in [1.82, 2.24) is 15.1 Å². The molecule has 0 aliphatic rings. The number of nitrogens with zero attached hydrogens (tertiary/aromatic N) is 2. The number of hydrogen-bond donors (Lipinski definition) is 1. The second-order valence-electron chi connectivity index (χ2n) is 4.87. The van der Waals surface area contributed by atoms with Crippen LogP contribution in [0.25, 0.3) is 0 Å². The Labute approximate surface area is 129 Å². The van der Waals surface area contributed by atoms with Crippen LogP contribution in [0.4, 0.5) is 0 Å². The van der Waals surface area contributed by atoms with Crippen LogP contribution in [0.2, 0.25) is 10.0 Å². The van der Waals surface area contributed by atoms with Gasteiger partial charge in [-0.25, -0.2) is 0 Å². The molecule has 5 heteroatoms. The van der Waals surface area contributed by atoms with Crippen molar-refractivity contribution in [3.05, 3.63) is 51.3 Å². The lowest BCUT2D eigenvalue weighted by Crippen LogP contribution is -2.19. The molecule has 108 valence electrons. The normalized spacial score (nSPS) is 12.7. The van der Waals surface area contributed by atoms with Gasteiger partial charge in [0.1, 0.15) is 0 Å². The number of hydrogen-bond acceptors (Lipinski definition) is 2. The minimum Gasteiger partial charge on any atom is -0.306 e. The van der Waals surface area contributed by atoms with Gasteiger partial charge in [0.15, 0.2) is 0 Å². The minimum absolute atomic E-state index is 0.131. The first kappa shape index (κ1) is 15.4. The van der Waals surface area contributed by atoms with Crippen molar-refractivity contribution in [3.63, 3.8) is 0 Å². The molecule has 0 aliphatic carbocycles. The van der Waals surface area contributed by atoms with E-state index in [2.05, 4.69) is 30.5 Å². The van der Waals surface area contributed by atoms with Crippen molar-refractivity contribution in [2.24, 2.45) is 7.05 Å². The predicted octanol–water partition coefficient (Wildman–Crippen LogP) is 4.14. The first-order chi connectivity index (χ1) is 9.52. The average Bonchev–Trinajstić information content (AvgIpc) is 2.79. The van der Waals surface area contributed by atoms with Gasteiger partial charge in [-0.2, -0.15) is 5.10 Å². The predicted molar refractivity (Wildman–Crippen MR) is 84.3 cm³/mol. The highest BCUT2D eigenvalue weighted by Gasteiger charge is 2.13. The van der Waals surface area contributed by atoms with Crippen molar-refractivity contribution in [3.8, 4) is 0 Å². The number of aromatic nitrogens is 2. The van der Waals surface area contributed by atoms with Gasteiger partial charge in [0.05, 0.1) is 15.7 Å². The molecule has 1 unspecified atom stereocenters. The van der Waals surface area contributed by atoms with E-state index in [1.165, 1.54) is 5.56 Å². The van der Waals surface area contributed by atoms with Crippen LogP contribution >= 0.6 is 23.2 Å². The summed E-state index contributed by atoms with van der Waals surface area (Å²) in [6, 6.07) is 5.85. The maximum atomic E-state index is 6.24. The summed E-state index contributed by atoms with van der Waals surface area (Å²) in [7, 11) is 1.94. The minimum atomic E-state index is 0.131. The zero-order valence-electron chi connectivity index (χ0n) is 12.0. The molecule has 0 aliphatic heterocycles. The van der Waals surface area contributed by atoms with Gasteiger partial charge in [-0.3, -0.25) is 4.68 Å². The molecular formula is C15H19Cl2N3. The summed E-state index contributed by atoms with van der Waals surface area (Å²) in [5, 5.41) is 9.13. The van der Waals surface area contributed by atoms with E-state index < -0.39 is 0 Å². The molecule has 1 heterocycles. The van der Waals surface area contributed by atoms with Crippen LogP contribution < -0.4 is 5.32 Å². The Morgan fingerprint density at radius 3 is 2.80 bits per heavy atom. The molecule has 1 atom stereocenters. The third-order valence-electron chi connectivity index (χ3n) is 3.37. The van der Waals surface area contributed by atoms with Crippen LogP contribution in [-0.4, -0.2) is 9.78 Å². The fourth-order valence-electron chi connectivity index (χ4n) is 2.26. The highest BCUT2D eigenvalue weighted by Crippen LogP contribution is 2.29. The van der Waals surface area contributed by atoms with Crippen LogP contribution in [0, 0.1) is 0 Å². The van der Waals surface area contributed by atoms with E-state index >= 15 is 0 Å². The number of rotatable bonds is 5. The molecule has 0 amide bonds. The third-order valence-corrected chi connectivity index (χ3v) is 4.21. The molecule has 0 saturated carbocycles. The van der Waals surface area contributed by atoms with Crippen LogP contribution in [0.5, 0.6) is 0 Å². The maximum absolute atomic E-state index is 6.24. The molecule has 0 fully saturated rings. The molecule has 2 rings (SSSR count). The SMILES string of the molecule is CCc1nn(C)cc1CNC(C)c1cccc(Cl)c1Cl. The van der Waals surface area contributed by atoms with E-state index in [0.717, 1.165) is 24.2 Å². The topological polar surface area (TPSA) is 29.9 Å². The average molecular weight is 312 g/mol. The van der Waals surface area contributed by atoms with Crippen LogP contribution in [0.1, 0.15) is 36.7 Å². The lowest BCUT2D eigenvalue weighted by atomic mass is 10.1. The van der Waals surface area contributed by atoms with Crippen molar-refractivity contribution in [2.75, 3.05) is 0 Å². The van der Waals surface area contributed by atoms with Gasteiger partial charge < -0.3 is 5.32 Å². The lowest BCUT2D eigenvalue weighted by molar-refractivity contribution is 0.572. The van der Waals surface area contributed by atoms with Gasteiger partial charge in [-0.15, -0.1) is 0 Å². The Morgan fingerprint density at radius 2 is 2.10 bits per heavy atom. The molecule has 3 nitrogen and oxygen atoms in total. The Morgan fingerprint density at radius 1 is 1.35 bits per heavy atom. The molecule has 1 aromatic carbocycles. The molecular weight excluding hydrogens is 293 g/mol. The van der Waals surface area contributed by atoms with E-state index in [0.29, 0.717) is 10.0 Å². The van der Waals surface area contributed by atoms with E-state index in [1.807, 2.05) is 23.9 Å². The van der Waals surface area contributed by atoms with E-state index in [-0.39, 0.29) is 6.04 Å². The van der Waals surface area contributed by atoms with E-state index in [4.69, 9.17) is 23.2 Å². The van der Waals surface area contributed by atoms with E-state index in [1.54, 1.807) is 6.07 Å². The number of nitrogens with one attached hydrogen (secondary N) is 1. The molecule has 1 N–H and O–H groups in total. The molecule has 0 radical (unpaired) electrons. The fourth-order valence-corrected chi connectivity index (χ4v) is 2.73. The quantitative estimate of drug-likeness (QED) is 0.899. The zero-order chi connectivity index (χ0) is 14.7. The molecule has 0 spiro atoms. The summed E-state index contributed by atoms with van der Waals surface area (Å²) in [6.07, 6.45) is 2.99. The van der Waals surface area contributed by atoms with Crippen molar-refractivity contribution < 1.29 is 0 Å². The molecule has 0 saturated heterocycles. The monoisotopic (exact) mass is 311 g/mol. The summed E-state index contributed by atoms with van der Waals surface area (Å²) in [6.45, 7) is 4.96. The van der Waals surface area contributed by atoms with E-state index in [9.17, 15) is 0 Å². The Kier molecular flexibility index (Phi) is 5.08. The summed E-state index contributed by atoms with van der Waals surface area (Å²) >= 11 is 12.3. The first-order valence-corrected chi connectivity index (χ1v) is 7.47. The fraction of sp³-hybridized carbons (Fsp3) is 0.400. The van der Waals surface area contributed by atoms with Gasteiger partial charge in [0.25, 0.3) is 0 Å². The van der Waals surface area contributed by atoms with Crippen molar-refractivity contribution in [2.45, 2.75) is 32.9 Å². The second-order valence-corrected chi connectivity index (χ2v) is 5.66. The Bertz CT molecular complexity index is 593. The highest BCUT2D eigenvalue weighted by molar-refractivity contribution is 6.42. The first-order valence-electron chi connectivity index (χ1n) is 6.71. The summed E-state index contributed by atoms with van der Waals surface area (Å²) in [5.74, 6) is 0. The van der Waals surface area contributed by atoms with Crippen LogP contribution in [0.3, 0.4) is 0 Å². The molecule has 0 bridgehead atoms. The smallest absolute Gasteiger partial charge is 0.0666 e. The maximum Gasteiger partial charge on any atom is 0.0666 e. The van der Waals surface area contributed by atoms with Gasteiger partial charge in [0.2, 0.25) is 0 Å². The molecule has 20 heavy (non-hydrogen) atoms. The Balaban J connectivity index is 2.08. The van der Waals surface area contributed by atoms with Crippen molar-refractivity contribution >= 4 is 23.2 Å². The zero-order valence-corrected chi connectivity index (χ0v) is 13.5. The van der Waals surface area contributed by atoms with Crippen LogP contribution in [0.15, 0.2) is 24.4 Å². The summed E-state index contributed by atoms with van der Waals surface area (Å²) in [5.41, 5.74) is 3.37. The number of benzene rings is 1. The van der Waals surface area contributed by atoms with Crippen LogP contribution in [-0.2, 0) is 20.0 Å². The van der Waals surface area contributed by atoms with Gasteiger partial charge in [0, 0.05) is 31.4 Å². The number of aryl methyl sites for hydroxylation is 2. The lowest BCUT2D eigenvalue weighted by Gasteiger charge is -2.16. The number of halogens is 2. The summed E-state index contributed by atoms with van der Waals surface area (Å²) in [4.78, 5) is 0. The molecule has 1 aromatic heterocycles. The summed E-state index contributed by atoms with van der Waals surface area (Å²) < 4.78 is 1.85. The van der Waals surface area contributed by atoms with Gasteiger partial charge in [-0.1, -0.05) is 42.3 Å². The second kappa shape index (κ2) is 6.61.